The minimum Gasteiger partial charge on any atom is -0.453 e. The molecule has 23 heavy (non-hydrogen) atoms. The first kappa shape index (κ1) is 15.7. The van der Waals surface area contributed by atoms with Crippen LogP contribution >= 0.6 is 11.3 Å². The van der Waals surface area contributed by atoms with Crippen LogP contribution in [0.1, 0.15) is 45.7 Å². The van der Waals surface area contributed by atoms with Gasteiger partial charge in [-0.2, -0.15) is 15.0 Å². The summed E-state index contributed by atoms with van der Waals surface area (Å²) in [6, 6.07) is 1.96. The van der Waals surface area contributed by atoms with Gasteiger partial charge in [-0.25, -0.2) is 4.79 Å². The van der Waals surface area contributed by atoms with Gasteiger partial charge in [-0.15, -0.1) is 11.3 Å². The standard InChI is InChI=1S/C15H19N5O2S/c1-2-8-3-4-10-9(5-8)6-11(23-10)13(21)22-7-12-18-14(16)20-15(17)19-12/h6,8H,2-5,7H2,1H3,(H4,16,17,18,19,20)/t8-/m0/s1. The van der Waals surface area contributed by atoms with Gasteiger partial charge in [0.15, 0.2) is 12.4 Å². The number of carbonyl (C=O) groups is 1. The van der Waals surface area contributed by atoms with Crippen LogP contribution < -0.4 is 11.5 Å². The average Bonchev–Trinajstić information content (AvgIpc) is 2.94. The number of aryl methyl sites for hydroxylation is 1. The molecule has 1 atom stereocenters. The maximum Gasteiger partial charge on any atom is 0.348 e. The summed E-state index contributed by atoms with van der Waals surface area (Å²) >= 11 is 1.52. The Morgan fingerprint density at radius 2 is 2.09 bits per heavy atom. The number of rotatable bonds is 4. The maximum atomic E-state index is 12.2. The number of hydrogen-bond donors (Lipinski definition) is 2. The summed E-state index contributed by atoms with van der Waals surface area (Å²) in [6.45, 7) is 2.14. The molecule has 0 aliphatic heterocycles. The van der Waals surface area contributed by atoms with Crippen LogP contribution in [0.5, 0.6) is 0 Å². The lowest BCUT2D eigenvalue weighted by molar-refractivity contribution is 0.0468. The molecular weight excluding hydrogens is 314 g/mol. The molecule has 0 fully saturated rings. The van der Waals surface area contributed by atoms with Crippen molar-refractivity contribution in [2.45, 2.75) is 39.2 Å². The molecule has 0 aromatic carbocycles. The number of fused-ring (bicyclic) bond motifs is 1. The first-order chi connectivity index (χ1) is 11.0. The first-order valence-corrected chi connectivity index (χ1v) is 8.41. The first-order valence-electron chi connectivity index (χ1n) is 7.59. The Hall–Kier alpha value is -2.22. The normalized spacial score (nSPS) is 16.8. The minimum atomic E-state index is -0.366. The van der Waals surface area contributed by atoms with Gasteiger partial charge >= 0.3 is 5.97 Å². The Morgan fingerprint density at radius 1 is 1.35 bits per heavy atom. The summed E-state index contributed by atoms with van der Waals surface area (Å²) in [6.07, 6.45) is 4.47. The number of hydrogen-bond acceptors (Lipinski definition) is 8. The molecule has 3 rings (SSSR count). The van der Waals surface area contributed by atoms with Gasteiger partial charge in [0.25, 0.3) is 0 Å². The molecule has 1 aliphatic carbocycles. The van der Waals surface area contributed by atoms with Gasteiger partial charge in [0.1, 0.15) is 4.88 Å². The van der Waals surface area contributed by atoms with E-state index in [4.69, 9.17) is 16.2 Å². The summed E-state index contributed by atoms with van der Waals surface area (Å²) in [5, 5.41) is 0. The molecule has 8 heteroatoms. The number of thiophene rings is 1. The second kappa shape index (κ2) is 6.49. The monoisotopic (exact) mass is 333 g/mol. The second-order valence-electron chi connectivity index (χ2n) is 5.62. The van der Waals surface area contributed by atoms with Crippen molar-refractivity contribution in [2.24, 2.45) is 5.92 Å². The minimum absolute atomic E-state index is 0.0146. The zero-order valence-corrected chi connectivity index (χ0v) is 13.7. The smallest absolute Gasteiger partial charge is 0.348 e. The van der Waals surface area contributed by atoms with E-state index in [0.717, 1.165) is 18.8 Å². The van der Waals surface area contributed by atoms with Gasteiger partial charge in [0.05, 0.1) is 0 Å². The molecule has 0 amide bonds. The van der Waals surface area contributed by atoms with E-state index in [1.54, 1.807) is 0 Å². The van der Waals surface area contributed by atoms with E-state index in [-0.39, 0.29) is 30.3 Å². The molecule has 0 bridgehead atoms. The molecule has 122 valence electrons. The molecule has 1 aliphatic rings. The fraction of sp³-hybridized carbons (Fsp3) is 0.467. The molecule has 0 spiro atoms. The lowest BCUT2D eigenvalue weighted by Gasteiger charge is -2.19. The van der Waals surface area contributed by atoms with Crippen molar-refractivity contribution < 1.29 is 9.53 Å². The van der Waals surface area contributed by atoms with Crippen molar-refractivity contribution in [2.75, 3.05) is 11.5 Å². The van der Waals surface area contributed by atoms with Crippen LogP contribution in [0.25, 0.3) is 0 Å². The summed E-state index contributed by atoms with van der Waals surface area (Å²) < 4.78 is 5.26. The van der Waals surface area contributed by atoms with E-state index < -0.39 is 0 Å². The van der Waals surface area contributed by atoms with Gasteiger partial charge in [-0.05, 0) is 36.8 Å². The topological polar surface area (TPSA) is 117 Å². The molecule has 7 nitrogen and oxygen atoms in total. The number of esters is 1. The Kier molecular flexibility index (Phi) is 4.42. The summed E-state index contributed by atoms with van der Waals surface area (Å²) in [5.74, 6) is 0.629. The summed E-state index contributed by atoms with van der Waals surface area (Å²) in [5.41, 5.74) is 12.3. The third-order valence-electron chi connectivity index (χ3n) is 4.01. The number of aromatic nitrogens is 3. The Morgan fingerprint density at radius 3 is 2.78 bits per heavy atom. The Bertz CT molecular complexity index is 710. The molecule has 0 saturated carbocycles. The molecule has 0 unspecified atom stereocenters. The molecular formula is C15H19N5O2S. The number of nitrogens with two attached hydrogens (primary N) is 2. The molecule has 2 heterocycles. The van der Waals surface area contributed by atoms with Crippen molar-refractivity contribution in [1.82, 2.24) is 15.0 Å². The third kappa shape index (κ3) is 3.58. The fourth-order valence-corrected chi connectivity index (χ4v) is 3.87. The van der Waals surface area contributed by atoms with Gasteiger partial charge < -0.3 is 16.2 Å². The fourth-order valence-electron chi connectivity index (χ4n) is 2.77. The van der Waals surface area contributed by atoms with E-state index in [0.29, 0.717) is 4.88 Å². The zero-order valence-electron chi connectivity index (χ0n) is 12.9. The highest BCUT2D eigenvalue weighted by atomic mass is 32.1. The van der Waals surface area contributed by atoms with Crippen LogP contribution in [0, 0.1) is 5.92 Å². The van der Waals surface area contributed by atoms with Crippen LogP contribution in [-0.2, 0) is 24.2 Å². The molecule has 4 N–H and O–H groups in total. The van der Waals surface area contributed by atoms with Gasteiger partial charge in [0.2, 0.25) is 11.9 Å². The molecule has 0 radical (unpaired) electrons. The number of ether oxygens (including phenoxy) is 1. The highest BCUT2D eigenvalue weighted by molar-refractivity contribution is 7.14. The summed E-state index contributed by atoms with van der Waals surface area (Å²) in [4.78, 5) is 25.6. The SMILES string of the molecule is CC[C@H]1CCc2sc(C(=O)OCc3nc(N)nc(N)n3)cc2C1. The van der Waals surface area contributed by atoms with Gasteiger partial charge in [-0.3, -0.25) is 0 Å². The van der Waals surface area contributed by atoms with Gasteiger partial charge in [0, 0.05) is 4.88 Å². The van der Waals surface area contributed by atoms with Crippen molar-refractivity contribution in [3.63, 3.8) is 0 Å². The highest BCUT2D eigenvalue weighted by Crippen LogP contribution is 2.33. The van der Waals surface area contributed by atoms with E-state index >= 15 is 0 Å². The summed E-state index contributed by atoms with van der Waals surface area (Å²) in [7, 11) is 0. The molecule has 0 saturated heterocycles. The van der Waals surface area contributed by atoms with Gasteiger partial charge in [-0.1, -0.05) is 13.3 Å². The Balaban J connectivity index is 1.66. The van der Waals surface area contributed by atoms with Crippen molar-refractivity contribution in [3.05, 3.63) is 27.2 Å². The van der Waals surface area contributed by atoms with Crippen molar-refractivity contribution in [1.29, 1.82) is 0 Å². The van der Waals surface area contributed by atoms with Crippen LogP contribution in [0.3, 0.4) is 0 Å². The third-order valence-corrected chi connectivity index (χ3v) is 5.23. The lowest BCUT2D eigenvalue weighted by Crippen LogP contribution is -2.11. The Labute approximate surface area is 138 Å². The van der Waals surface area contributed by atoms with E-state index in [2.05, 4.69) is 21.9 Å². The van der Waals surface area contributed by atoms with Crippen molar-refractivity contribution in [3.8, 4) is 0 Å². The molecule has 2 aromatic rings. The number of anilines is 2. The van der Waals surface area contributed by atoms with Crippen molar-refractivity contribution >= 4 is 29.2 Å². The highest BCUT2D eigenvalue weighted by Gasteiger charge is 2.22. The maximum absolute atomic E-state index is 12.2. The van der Waals surface area contributed by atoms with E-state index in [9.17, 15) is 4.79 Å². The predicted molar refractivity (Wildman–Crippen MR) is 87.9 cm³/mol. The van der Waals surface area contributed by atoms with E-state index in [1.807, 2.05) is 6.07 Å². The second-order valence-corrected chi connectivity index (χ2v) is 6.76. The quantitative estimate of drug-likeness (QED) is 0.821. The van der Waals surface area contributed by atoms with E-state index in [1.165, 1.54) is 34.6 Å². The van der Waals surface area contributed by atoms with Crippen LogP contribution in [-0.4, -0.2) is 20.9 Å². The predicted octanol–water partition coefficient (Wildman–Crippen LogP) is 1.97. The number of nitrogen functional groups attached to an aromatic ring is 2. The number of nitrogens with zero attached hydrogens (tertiary/aromatic N) is 3. The number of carbonyl (C=O) groups excluding carboxylic acids is 1. The largest absolute Gasteiger partial charge is 0.453 e. The van der Waals surface area contributed by atoms with Crippen LogP contribution in [0.4, 0.5) is 11.9 Å². The van der Waals surface area contributed by atoms with Crippen LogP contribution in [0.15, 0.2) is 6.07 Å². The average molecular weight is 333 g/mol. The lowest BCUT2D eigenvalue weighted by atomic mass is 9.87. The molecule has 2 aromatic heterocycles. The zero-order chi connectivity index (χ0) is 16.4. The van der Waals surface area contributed by atoms with Crippen LogP contribution in [0.2, 0.25) is 0 Å².